The molecule has 0 spiro atoms. The minimum atomic E-state index is -3.72. The molecule has 2 aromatic rings. The molecule has 0 heterocycles. The lowest BCUT2D eigenvalue weighted by atomic mass is 10.0. The second kappa shape index (κ2) is 16.4. The molecule has 0 saturated carbocycles. The summed E-state index contributed by atoms with van der Waals surface area (Å²) in [7, 11) is -2.47. The number of alkyl carbamates (subject to hydrolysis) is 1. The Balaban J connectivity index is 2.19. The van der Waals surface area contributed by atoms with Gasteiger partial charge in [0.05, 0.1) is 32.5 Å². The maximum absolute atomic E-state index is 13.7. The van der Waals surface area contributed by atoms with Crippen molar-refractivity contribution in [3.8, 4) is 0 Å². The van der Waals surface area contributed by atoms with E-state index in [1.165, 1.54) is 7.11 Å². The van der Waals surface area contributed by atoms with Crippen molar-refractivity contribution in [2.24, 2.45) is 0 Å². The Morgan fingerprint density at radius 2 is 1.56 bits per heavy atom. The third-order valence-corrected chi connectivity index (χ3v) is 7.87. The maximum Gasteiger partial charge on any atom is 0.408 e. The Morgan fingerprint density at radius 3 is 2.10 bits per heavy atom. The fourth-order valence-corrected chi connectivity index (χ4v) is 5.88. The van der Waals surface area contributed by atoms with Gasteiger partial charge in [0.2, 0.25) is 0 Å². The number of esters is 1. The highest BCUT2D eigenvalue weighted by Gasteiger charge is 2.39. The average Bonchev–Trinajstić information content (AvgIpc) is 2.90. The summed E-state index contributed by atoms with van der Waals surface area (Å²) >= 11 is 0. The number of benzene rings is 2. The summed E-state index contributed by atoms with van der Waals surface area (Å²) in [4.78, 5) is 24.7. The fraction of sp³-hybridized carbons (Fsp3) is 0.500. The van der Waals surface area contributed by atoms with Gasteiger partial charge in [-0.25, -0.2) is 9.59 Å². The van der Waals surface area contributed by atoms with Crippen LogP contribution in [0.2, 0.25) is 0 Å². The topological polar surface area (TPSA) is 130 Å². The highest BCUT2D eigenvalue weighted by Crippen LogP contribution is 2.61. The van der Waals surface area contributed by atoms with Crippen LogP contribution in [-0.4, -0.2) is 55.7 Å². The van der Waals surface area contributed by atoms with Crippen LogP contribution in [0.4, 0.5) is 4.79 Å². The molecule has 2 aromatic carbocycles. The first-order chi connectivity index (χ1) is 18.6. The summed E-state index contributed by atoms with van der Waals surface area (Å²) < 4.78 is 41.0. The highest BCUT2D eigenvalue weighted by molar-refractivity contribution is 7.54. The van der Waals surface area contributed by atoms with Gasteiger partial charge in [-0.15, -0.1) is 0 Å². The number of hydrogen-bond donors (Lipinski definition) is 2. The predicted molar refractivity (Wildman–Crippen MR) is 146 cm³/mol. The van der Waals surface area contributed by atoms with E-state index in [0.29, 0.717) is 17.5 Å². The minimum absolute atomic E-state index is 0.0594. The van der Waals surface area contributed by atoms with E-state index >= 15 is 0 Å². The number of carbonyl (C=O) groups is 2. The van der Waals surface area contributed by atoms with Crippen molar-refractivity contribution in [2.75, 3.05) is 20.3 Å². The molecule has 216 valence electrons. The van der Waals surface area contributed by atoms with Crippen LogP contribution in [0.1, 0.15) is 56.7 Å². The van der Waals surface area contributed by atoms with E-state index in [4.69, 9.17) is 23.3 Å². The van der Waals surface area contributed by atoms with Crippen LogP contribution in [0.25, 0.3) is 0 Å². The summed E-state index contributed by atoms with van der Waals surface area (Å²) in [6, 6.07) is 15.1. The van der Waals surface area contributed by atoms with Crippen molar-refractivity contribution in [1.82, 2.24) is 5.32 Å². The smallest absolute Gasteiger partial charge is 0.408 e. The minimum Gasteiger partial charge on any atom is -0.467 e. The normalized spacial score (nSPS) is 14.6. The van der Waals surface area contributed by atoms with Gasteiger partial charge >= 0.3 is 19.7 Å². The average molecular weight is 566 g/mol. The quantitative estimate of drug-likeness (QED) is 0.210. The molecule has 39 heavy (non-hydrogen) atoms. The van der Waals surface area contributed by atoms with Gasteiger partial charge in [0.25, 0.3) is 0 Å². The van der Waals surface area contributed by atoms with Crippen molar-refractivity contribution < 1.29 is 42.5 Å². The number of carbonyl (C=O) groups excluding carboxylic acids is 2. The zero-order valence-corrected chi connectivity index (χ0v) is 24.1. The summed E-state index contributed by atoms with van der Waals surface area (Å²) in [6.45, 7) is 7.24. The number of methoxy groups -OCH3 is 1. The molecule has 0 aliphatic rings. The molecule has 0 aliphatic carbocycles. The van der Waals surface area contributed by atoms with E-state index in [0.717, 1.165) is 5.56 Å². The first-order valence-electron chi connectivity index (χ1n) is 13.0. The summed E-state index contributed by atoms with van der Waals surface area (Å²) in [5, 5.41) is 12.3. The standard InChI is InChI=1S/C28H40NO9P/c1-6-36-39(33,37-7-2)27(38-21(4)17-20(3)30)24-15-13-22(14-16-24)18-25(26(31)34-5)29-28(32)35-19-23-11-9-8-10-12-23/h8-16,20-21,25,27,30H,6-7,17-19H2,1-5H3,(H,29,32)/t20-,21-,25+,27+/m1/s1. The van der Waals surface area contributed by atoms with E-state index in [9.17, 15) is 19.3 Å². The zero-order valence-electron chi connectivity index (χ0n) is 23.2. The molecule has 2 N–H and O–H groups in total. The molecule has 2 rings (SSSR count). The Bertz CT molecular complexity index is 1050. The zero-order chi connectivity index (χ0) is 28.8. The van der Waals surface area contributed by atoms with Crippen LogP contribution in [0, 0.1) is 0 Å². The number of nitrogens with one attached hydrogen (secondary N) is 1. The fourth-order valence-electron chi connectivity index (χ4n) is 3.92. The Morgan fingerprint density at radius 1 is 0.949 bits per heavy atom. The van der Waals surface area contributed by atoms with Crippen molar-refractivity contribution in [2.45, 2.75) is 71.2 Å². The Labute approximate surface area is 230 Å². The first-order valence-corrected chi connectivity index (χ1v) is 14.6. The van der Waals surface area contributed by atoms with Crippen LogP contribution in [-0.2, 0) is 45.6 Å². The second-order valence-electron chi connectivity index (χ2n) is 8.99. The van der Waals surface area contributed by atoms with Gasteiger partial charge in [0.15, 0.2) is 5.85 Å². The number of amides is 1. The molecule has 0 fully saturated rings. The van der Waals surface area contributed by atoms with Crippen LogP contribution >= 0.6 is 7.60 Å². The number of aliphatic hydroxyl groups excluding tert-OH is 1. The van der Waals surface area contributed by atoms with E-state index in [1.54, 1.807) is 52.0 Å². The molecule has 0 radical (unpaired) electrons. The van der Waals surface area contributed by atoms with Crippen molar-refractivity contribution in [1.29, 1.82) is 0 Å². The molecule has 0 bridgehead atoms. The van der Waals surface area contributed by atoms with Crippen LogP contribution in [0.5, 0.6) is 0 Å². The van der Waals surface area contributed by atoms with Gasteiger partial charge in [-0.1, -0.05) is 54.6 Å². The SMILES string of the molecule is CCOP(=O)(OCC)[C@H](O[C@H](C)C[C@@H](C)O)c1ccc(C[C@H](NC(=O)OCc2ccccc2)C(=O)OC)cc1. The van der Waals surface area contributed by atoms with Crippen molar-refractivity contribution in [3.05, 3.63) is 71.3 Å². The van der Waals surface area contributed by atoms with Crippen LogP contribution in [0.15, 0.2) is 54.6 Å². The Kier molecular flexibility index (Phi) is 13.6. The first kappa shape index (κ1) is 32.5. The molecular formula is C28H40NO9P. The molecule has 1 amide bonds. The Hall–Kier alpha value is -2.75. The van der Waals surface area contributed by atoms with Gasteiger partial charge in [-0.2, -0.15) is 0 Å². The number of ether oxygens (including phenoxy) is 3. The summed E-state index contributed by atoms with van der Waals surface area (Å²) in [5.74, 6) is -1.65. The molecule has 0 aliphatic heterocycles. The molecule has 0 saturated heterocycles. The predicted octanol–water partition coefficient (Wildman–Crippen LogP) is 5.14. The molecule has 0 unspecified atom stereocenters. The lowest BCUT2D eigenvalue weighted by Crippen LogP contribution is -2.43. The highest BCUT2D eigenvalue weighted by atomic mass is 31.2. The lowest BCUT2D eigenvalue weighted by molar-refractivity contribution is -0.143. The molecule has 11 heteroatoms. The van der Waals surface area contributed by atoms with Gasteiger partial charge in [0.1, 0.15) is 12.6 Å². The van der Waals surface area contributed by atoms with Crippen LogP contribution in [0.3, 0.4) is 0 Å². The van der Waals surface area contributed by atoms with E-state index < -0.39 is 43.8 Å². The molecular weight excluding hydrogens is 525 g/mol. The van der Waals surface area contributed by atoms with E-state index in [2.05, 4.69) is 5.32 Å². The largest absolute Gasteiger partial charge is 0.467 e. The van der Waals surface area contributed by atoms with Crippen molar-refractivity contribution >= 4 is 19.7 Å². The van der Waals surface area contributed by atoms with Crippen molar-refractivity contribution in [3.63, 3.8) is 0 Å². The van der Waals surface area contributed by atoms with Gasteiger partial charge in [-0.05, 0) is 50.8 Å². The lowest BCUT2D eigenvalue weighted by Gasteiger charge is -2.29. The molecule has 10 nitrogen and oxygen atoms in total. The van der Waals surface area contributed by atoms with Gasteiger partial charge < -0.3 is 33.7 Å². The number of rotatable bonds is 16. The second-order valence-corrected chi connectivity index (χ2v) is 11.1. The van der Waals surface area contributed by atoms with Gasteiger partial charge in [-0.3, -0.25) is 4.57 Å². The van der Waals surface area contributed by atoms with Gasteiger partial charge in [0, 0.05) is 6.42 Å². The summed E-state index contributed by atoms with van der Waals surface area (Å²) in [5.41, 5.74) is 2.07. The number of aliphatic hydroxyl groups is 1. The molecule has 0 aromatic heterocycles. The maximum atomic E-state index is 13.7. The molecule has 4 atom stereocenters. The van der Waals surface area contributed by atoms with Crippen LogP contribution < -0.4 is 5.32 Å². The third-order valence-electron chi connectivity index (χ3n) is 5.63. The number of hydrogen-bond acceptors (Lipinski definition) is 9. The van der Waals surface area contributed by atoms with E-state index in [-0.39, 0.29) is 26.2 Å². The third kappa shape index (κ3) is 10.7. The monoisotopic (exact) mass is 565 g/mol. The summed E-state index contributed by atoms with van der Waals surface area (Å²) in [6.07, 6.45) is -1.32. The van der Waals surface area contributed by atoms with E-state index in [1.807, 2.05) is 30.3 Å².